The van der Waals surface area contributed by atoms with Gasteiger partial charge in [-0.2, -0.15) is 0 Å². The summed E-state index contributed by atoms with van der Waals surface area (Å²) in [7, 11) is 0. The third-order valence-corrected chi connectivity index (χ3v) is 10.3. The topological polar surface area (TPSA) is 77.8 Å². The molecule has 0 aliphatic heterocycles. The van der Waals surface area contributed by atoms with E-state index in [0.717, 1.165) is 56.9 Å². The molecule has 3 N–H and O–H groups in total. The molecule has 0 bridgehead atoms. The fourth-order valence-corrected chi connectivity index (χ4v) is 8.30. The lowest BCUT2D eigenvalue weighted by Gasteiger charge is -2.59. The number of hydrogen-bond acceptors (Lipinski definition) is 3. The van der Waals surface area contributed by atoms with Crippen LogP contribution in [0.3, 0.4) is 0 Å². The summed E-state index contributed by atoms with van der Waals surface area (Å²) in [6, 6.07) is 0. The summed E-state index contributed by atoms with van der Waals surface area (Å²) in [6.07, 6.45) is 6.97. The standard InChI is InChI=1S/C27H44O4/c1-16(6-5-7-17(2)25(30)31)20-8-9-21-24-22(11-13-27(20,21)4)26(3)12-10-19(28)14-18(26)15-23(24)29/h15-17,19-24,28-29H,5-14H2,1-4H3,(H,30,31)/t16-,17-,19+,20-,21+,22+,23-,24+,26+,27-/m1/s1/i19D,23D. The molecule has 4 aliphatic carbocycles. The highest BCUT2D eigenvalue weighted by molar-refractivity contribution is 5.69. The molecule has 0 spiro atoms. The van der Waals surface area contributed by atoms with Crippen molar-refractivity contribution in [2.24, 2.45) is 46.3 Å². The number of hydrogen-bond donors (Lipinski definition) is 3. The van der Waals surface area contributed by atoms with Crippen LogP contribution in [0.1, 0.15) is 94.6 Å². The molecular formula is C27H44O4. The van der Waals surface area contributed by atoms with Crippen LogP contribution in [0.2, 0.25) is 0 Å². The molecule has 176 valence electrons. The summed E-state index contributed by atoms with van der Waals surface area (Å²) in [5, 5.41) is 31.0. The van der Waals surface area contributed by atoms with Crippen LogP contribution >= 0.6 is 0 Å². The van der Waals surface area contributed by atoms with Crippen molar-refractivity contribution >= 4 is 5.97 Å². The number of aliphatic hydroxyl groups is 2. The van der Waals surface area contributed by atoms with Gasteiger partial charge in [0.15, 0.2) is 0 Å². The third kappa shape index (κ3) is 3.90. The van der Waals surface area contributed by atoms with Crippen LogP contribution < -0.4 is 0 Å². The van der Waals surface area contributed by atoms with Crippen LogP contribution in [-0.2, 0) is 4.79 Å². The van der Waals surface area contributed by atoms with Gasteiger partial charge < -0.3 is 15.3 Å². The molecule has 0 aromatic rings. The Morgan fingerprint density at radius 3 is 2.58 bits per heavy atom. The van der Waals surface area contributed by atoms with Gasteiger partial charge in [0.1, 0.15) is 0 Å². The van der Waals surface area contributed by atoms with E-state index in [1.807, 2.05) is 0 Å². The van der Waals surface area contributed by atoms with E-state index in [9.17, 15) is 20.1 Å². The van der Waals surface area contributed by atoms with Gasteiger partial charge in [-0.1, -0.05) is 52.2 Å². The van der Waals surface area contributed by atoms with Gasteiger partial charge in [0.05, 0.1) is 20.8 Å². The Bertz CT molecular complexity index is 808. The zero-order valence-electron chi connectivity index (χ0n) is 21.9. The quantitative estimate of drug-likeness (QED) is 0.488. The Labute approximate surface area is 191 Å². The number of fused-ring (bicyclic) bond motifs is 5. The normalized spacial score (nSPS) is 52.0. The smallest absolute Gasteiger partial charge is 0.306 e. The zero-order chi connectivity index (χ0) is 24.4. The minimum Gasteiger partial charge on any atom is -0.481 e. The van der Waals surface area contributed by atoms with E-state index in [1.54, 1.807) is 13.0 Å². The molecule has 31 heavy (non-hydrogen) atoms. The molecule has 4 heteroatoms. The summed E-state index contributed by atoms with van der Waals surface area (Å²) in [5.41, 5.74) is 0.883. The fraction of sp³-hybridized carbons (Fsp3) is 0.889. The average Bonchev–Trinajstić information content (AvgIpc) is 3.05. The van der Waals surface area contributed by atoms with Crippen LogP contribution in [0, 0.1) is 46.3 Å². The van der Waals surface area contributed by atoms with E-state index in [1.165, 1.54) is 0 Å². The summed E-state index contributed by atoms with van der Waals surface area (Å²) in [5.74, 6) is 0.463. The second kappa shape index (κ2) is 8.48. The number of carboxylic acid groups (broad SMARTS) is 1. The second-order valence-corrected chi connectivity index (χ2v) is 11.9. The monoisotopic (exact) mass is 434 g/mol. The first-order valence-electron chi connectivity index (χ1n) is 13.6. The average molecular weight is 435 g/mol. The molecule has 0 unspecified atom stereocenters. The van der Waals surface area contributed by atoms with E-state index in [4.69, 9.17) is 2.74 Å². The minimum atomic E-state index is -1.64. The van der Waals surface area contributed by atoms with Crippen molar-refractivity contribution in [1.82, 2.24) is 0 Å². The highest BCUT2D eigenvalue weighted by Crippen LogP contribution is 2.67. The van der Waals surface area contributed by atoms with Crippen molar-refractivity contribution in [3.05, 3.63) is 11.6 Å². The van der Waals surface area contributed by atoms with Crippen molar-refractivity contribution in [2.45, 2.75) is 104 Å². The van der Waals surface area contributed by atoms with Gasteiger partial charge in [-0.05, 0) is 91.8 Å². The maximum atomic E-state index is 11.4. The van der Waals surface area contributed by atoms with Crippen LogP contribution in [0.4, 0.5) is 0 Å². The predicted molar refractivity (Wildman–Crippen MR) is 122 cm³/mol. The van der Waals surface area contributed by atoms with Crippen LogP contribution in [-0.4, -0.2) is 33.4 Å². The van der Waals surface area contributed by atoms with E-state index in [2.05, 4.69) is 20.8 Å². The molecule has 4 rings (SSSR count). The highest BCUT2D eigenvalue weighted by atomic mass is 16.4. The van der Waals surface area contributed by atoms with Gasteiger partial charge in [0, 0.05) is 0 Å². The summed E-state index contributed by atoms with van der Waals surface area (Å²) in [4.78, 5) is 11.2. The van der Waals surface area contributed by atoms with E-state index < -0.39 is 18.1 Å². The molecule has 0 aromatic carbocycles. The molecule has 10 atom stereocenters. The van der Waals surface area contributed by atoms with Gasteiger partial charge in [-0.25, -0.2) is 0 Å². The van der Waals surface area contributed by atoms with Gasteiger partial charge in [0.2, 0.25) is 0 Å². The molecule has 0 amide bonds. The third-order valence-electron chi connectivity index (χ3n) is 10.3. The van der Waals surface area contributed by atoms with E-state index in [0.29, 0.717) is 24.2 Å². The minimum absolute atomic E-state index is 0.0978. The lowest BCUT2D eigenvalue weighted by molar-refractivity contribution is -0.141. The lowest BCUT2D eigenvalue weighted by atomic mass is 9.46. The Balaban J connectivity index is 1.54. The van der Waals surface area contributed by atoms with Crippen molar-refractivity contribution in [3.8, 4) is 0 Å². The lowest BCUT2D eigenvalue weighted by Crippen LogP contribution is -2.54. The number of carbonyl (C=O) groups is 1. The fourth-order valence-electron chi connectivity index (χ4n) is 8.30. The molecule has 0 saturated heterocycles. The van der Waals surface area contributed by atoms with Crippen molar-refractivity contribution in [2.75, 3.05) is 0 Å². The number of rotatable bonds is 6. The van der Waals surface area contributed by atoms with Crippen molar-refractivity contribution < 1.29 is 22.9 Å². The maximum absolute atomic E-state index is 11.4. The predicted octanol–water partition coefficient (Wildman–Crippen LogP) is 5.42. The number of carboxylic acids is 1. The van der Waals surface area contributed by atoms with Crippen LogP contribution in [0.5, 0.6) is 0 Å². The van der Waals surface area contributed by atoms with E-state index >= 15 is 0 Å². The van der Waals surface area contributed by atoms with Crippen LogP contribution in [0.15, 0.2) is 11.6 Å². The Morgan fingerprint density at radius 2 is 1.87 bits per heavy atom. The number of aliphatic carboxylic acids is 1. The maximum Gasteiger partial charge on any atom is 0.306 e. The van der Waals surface area contributed by atoms with Gasteiger partial charge in [0.25, 0.3) is 0 Å². The van der Waals surface area contributed by atoms with E-state index in [-0.39, 0.29) is 35.0 Å². The first-order valence-corrected chi connectivity index (χ1v) is 12.6. The zero-order valence-corrected chi connectivity index (χ0v) is 19.9. The molecular weight excluding hydrogens is 388 g/mol. The summed E-state index contributed by atoms with van der Waals surface area (Å²) >= 11 is 0. The Hall–Kier alpha value is -0.870. The molecule has 0 heterocycles. The largest absolute Gasteiger partial charge is 0.481 e. The first-order chi connectivity index (χ1) is 15.2. The molecule has 4 aliphatic rings. The second-order valence-electron chi connectivity index (χ2n) is 11.9. The van der Waals surface area contributed by atoms with Crippen LogP contribution in [0.25, 0.3) is 0 Å². The highest BCUT2D eigenvalue weighted by Gasteiger charge is 2.61. The van der Waals surface area contributed by atoms with Gasteiger partial charge in [-0.3, -0.25) is 4.79 Å². The molecule has 4 nitrogen and oxygen atoms in total. The van der Waals surface area contributed by atoms with Crippen molar-refractivity contribution in [3.63, 3.8) is 0 Å². The molecule has 3 saturated carbocycles. The van der Waals surface area contributed by atoms with Gasteiger partial charge >= 0.3 is 5.97 Å². The summed E-state index contributed by atoms with van der Waals surface area (Å²) < 4.78 is 17.1. The SMILES string of the molecule is [2H][C@]1(O)CC[C@@]2(C)C(=C[C@@]([2H])(O)[C@H]3[C@@H]4CC[C@H]([C@H](C)CCC[C@@H](C)C(=O)O)[C@@]4(C)CC[C@@H]32)C1. The molecule has 3 fully saturated rings. The summed E-state index contributed by atoms with van der Waals surface area (Å²) in [6.45, 7) is 8.75. The Morgan fingerprint density at radius 1 is 1.13 bits per heavy atom. The molecule has 0 aromatic heterocycles. The van der Waals surface area contributed by atoms with Gasteiger partial charge in [-0.15, -0.1) is 0 Å². The first kappa shape index (κ1) is 20.7. The molecule has 0 radical (unpaired) electrons. The Kier molecular flexibility index (Phi) is 5.67. The van der Waals surface area contributed by atoms with Crippen molar-refractivity contribution in [1.29, 1.82) is 0 Å².